The van der Waals surface area contributed by atoms with Gasteiger partial charge in [-0.1, -0.05) is 69.7 Å². The molecular formula is C30H47N3O5. The third-order valence-corrected chi connectivity index (χ3v) is 7.84. The molecule has 1 fully saturated rings. The molecule has 1 N–H and O–H groups in total. The van der Waals surface area contributed by atoms with Crippen LogP contribution in [0.4, 0.5) is 0 Å². The maximum absolute atomic E-state index is 13.6. The third-order valence-electron chi connectivity index (χ3n) is 7.84. The fourth-order valence-corrected chi connectivity index (χ4v) is 5.64. The summed E-state index contributed by atoms with van der Waals surface area (Å²) in [5.74, 6) is -0.560. The zero-order valence-electron chi connectivity index (χ0n) is 24.2. The first-order valence-corrected chi connectivity index (χ1v) is 13.5. The average molecular weight is 530 g/mol. The van der Waals surface area contributed by atoms with Crippen molar-refractivity contribution in [3.8, 4) is 0 Å². The third kappa shape index (κ3) is 8.22. The molecule has 1 saturated heterocycles. The van der Waals surface area contributed by atoms with E-state index in [1.165, 1.54) is 0 Å². The maximum atomic E-state index is 13.6. The van der Waals surface area contributed by atoms with Crippen molar-refractivity contribution < 1.29 is 23.9 Å². The summed E-state index contributed by atoms with van der Waals surface area (Å²) in [4.78, 5) is 42.5. The van der Waals surface area contributed by atoms with E-state index in [4.69, 9.17) is 9.47 Å². The SMILES string of the molecule is C=C1C[C@@H]([C@H](OC)[C@@H](C)C(=O)N[C@H](C=O)Cc2ccccc2)N(C(=O)CC(OC)[C@H]([C@@H](C)CC)N(C)C)C1. The Morgan fingerprint density at radius 1 is 1.18 bits per heavy atom. The van der Waals surface area contributed by atoms with E-state index in [9.17, 15) is 14.4 Å². The van der Waals surface area contributed by atoms with Gasteiger partial charge in [-0.05, 0) is 38.4 Å². The van der Waals surface area contributed by atoms with E-state index in [1.54, 1.807) is 26.0 Å². The van der Waals surface area contributed by atoms with Gasteiger partial charge >= 0.3 is 0 Å². The first kappa shape index (κ1) is 31.7. The predicted octanol–water partition coefficient (Wildman–Crippen LogP) is 3.10. The second kappa shape index (κ2) is 15.1. The summed E-state index contributed by atoms with van der Waals surface area (Å²) < 4.78 is 11.7. The molecule has 38 heavy (non-hydrogen) atoms. The molecular weight excluding hydrogens is 482 g/mol. The van der Waals surface area contributed by atoms with Crippen LogP contribution in [-0.2, 0) is 30.3 Å². The number of likely N-dealkylation sites (N-methyl/N-ethyl adjacent to an activating group) is 1. The highest BCUT2D eigenvalue weighted by atomic mass is 16.5. The van der Waals surface area contributed by atoms with E-state index in [0.29, 0.717) is 25.3 Å². The minimum atomic E-state index is -0.646. The van der Waals surface area contributed by atoms with Crippen molar-refractivity contribution in [2.75, 3.05) is 34.9 Å². The summed E-state index contributed by atoms with van der Waals surface area (Å²) in [5, 5.41) is 2.86. The van der Waals surface area contributed by atoms with Gasteiger partial charge in [0, 0.05) is 26.8 Å². The second-order valence-corrected chi connectivity index (χ2v) is 10.8. The summed E-state index contributed by atoms with van der Waals surface area (Å²) in [6.45, 7) is 10.7. The van der Waals surface area contributed by atoms with Crippen molar-refractivity contribution in [2.45, 2.75) is 76.8 Å². The number of methoxy groups -OCH3 is 2. The molecule has 0 spiro atoms. The lowest BCUT2D eigenvalue weighted by Crippen LogP contribution is -2.52. The van der Waals surface area contributed by atoms with Gasteiger partial charge in [0.15, 0.2) is 0 Å². The summed E-state index contributed by atoms with van der Waals surface area (Å²) in [5.41, 5.74) is 1.89. The number of likely N-dealkylation sites (tertiary alicyclic amines) is 1. The van der Waals surface area contributed by atoms with Crippen LogP contribution in [0.3, 0.4) is 0 Å². The quantitative estimate of drug-likeness (QED) is 0.278. The van der Waals surface area contributed by atoms with E-state index in [2.05, 4.69) is 30.6 Å². The van der Waals surface area contributed by atoms with Gasteiger partial charge in [-0.2, -0.15) is 0 Å². The Labute approximate surface area is 228 Å². The van der Waals surface area contributed by atoms with Crippen molar-refractivity contribution in [1.82, 2.24) is 15.1 Å². The summed E-state index contributed by atoms with van der Waals surface area (Å²) in [6, 6.07) is 8.67. The van der Waals surface area contributed by atoms with Gasteiger partial charge in [0.2, 0.25) is 11.8 Å². The van der Waals surface area contributed by atoms with Crippen molar-refractivity contribution in [1.29, 1.82) is 0 Å². The largest absolute Gasteiger partial charge is 0.379 e. The molecule has 1 heterocycles. The zero-order chi connectivity index (χ0) is 28.4. The van der Waals surface area contributed by atoms with E-state index in [-0.39, 0.29) is 36.4 Å². The van der Waals surface area contributed by atoms with Gasteiger partial charge in [-0.15, -0.1) is 0 Å². The lowest BCUT2D eigenvalue weighted by molar-refractivity contribution is -0.143. The molecule has 2 amide bonds. The standard InChI is InChI=1S/C30H47N3O5/c1-9-21(3)28(32(5)6)26(37-7)17-27(35)33-18-20(2)15-25(33)29(38-8)22(4)30(36)31-24(19-34)16-23-13-11-10-12-14-23/h10-14,19,21-22,24-26,28-29H,2,9,15-18H2,1,3-8H3,(H,31,36)/t21-,22+,24-,25-,26?,28-,29+/m0/s1. The normalized spacial score (nSPS) is 20.5. The minimum absolute atomic E-state index is 0.0415. The van der Waals surface area contributed by atoms with Crippen LogP contribution in [0.1, 0.15) is 45.6 Å². The fraction of sp³-hybridized carbons (Fsp3) is 0.633. The number of ether oxygens (including phenoxy) is 2. The highest BCUT2D eigenvalue weighted by Gasteiger charge is 2.42. The van der Waals surface area contributed by atoms with E-state index < -0.39 is 18.1 Å². The molecule has 1 unspecified atom stereocenters. The van der Waals surface area contributed by atoms with E-state index in [0.717, 1.165) is 23.8 Å². The zero-order valence-corrected chi connectivity index (χ0v) is 24.2. The molecule has 7 atom stereocenters. The van der Waals surface area contributed by atoms with Gasteiger partial charge in [0.05, 0.1) is 36.6 Å². The Morgan fingerprint density at radius 2 is 1.84 bits per heavy atom. The number of hydrogen-bond donors (Lipinski definition) is 1. The first-order valence-electron chi connectivity index (χ1n) is 13.5. The molecule has 8 nitrogen and oxygen atoms in total. The van der Waals surface area contributed by atoms with Crippen LogP contribution in [0.25, 0.3) is 0 Å². The van der Waals surface area contributed by atoms with Crippen molar-refractivity contribution in [2.24, 2.45) is 11.8 Å². The summed E-state index contributed by atoms with van der Waals surface area (Å²) in [6.07, 6.45) is 2.11. The van der Waals surface area contributed by atoms with Gasteiger partial charge < -0.3 is 29.4 Å². The second-order valence-electron chi connectivity index (χ2n) is 10.8. The Hall–Kier alpha value is -2.55. The van der Waals surface area contributed by atoms with Crippen LogP contribution in [-0.4, -0.2) is 93.1 Å². The topological polar surface area (TPSA) is 88.2 Å². The number of benzene rings is 1. The summed E-state index contributed by atoms with van der Waals surface area (Å²) >= 11 is 0. The molecule has 2 rings (SSSR count). The first-order chi connectivity index (χ1) is 18.1. The van der Waals surface area contributed by atoms with Gasteiger partial charge in [0.1, 0.15) is 6.29 Å². The van der Waals surface area contributed by atoms with Gasteiger partial charge in [-0.25, -0.2) is 0 Å². The molecule has 1 aromatic carbocycles. The number of rotatable bonds is 15. The number of carbonyl (C=O) groups is 3. The minimum Gasteiger partial charge on any atom is -0.379 e. The monoisotopic (exact) mass is 529 g/mol. The van der Waals surface area contributed by atoms with Crippen LogP contribution < -0.4 is 5.32 Å². The highest BCUT2D eigenvalue weighted by Crippen LogP contribution is 2.31. The maximum Gasteiger partial charge on any atom is 0.226 e. The molecule has 0 aromatic heterocycles. The molecule has 0 bridgehead atoms. The average Bonchev–Trinajstić information content (AvgIpc) is 3.29. The van der Waals surface area contributed by atoms with Crippen LogP contribution >= 0.6 is 0 Å². The Kier molecular flexibility index (Phi) is 12.6. The van der Waals surface area contributed by atoms with Gasteiger partial charge in [0.25, 0.3) is 0 Å². The summed E-state index contributed by atoms with van der Waals surface area (Å²) in [7, 11) is 7.24. The smallest absolute Gasteiger partial charge is 0.226 e. The van der Waals surface area contributed by atoms with Gasteiger partial charge in [-0.3, -0.25) is 9.59 Å². The van der Waals surface area contributed by atoms with Crippen molar-refractivity contribution >= 4 is 18.1 Å². The van der Waals surface area contributed by atoms with Crippen LogP contribution in [0.5, 0.6) is 0 Å². The molecule has 8 heteroatoms. The Morgan fingerprint density at radius 3 is 2.37 bits per heavy atom. The number of carbonyl (C=O) groups excluding carboxylic acids is 3. The number of aldehydes is 1. The lowest BCUT2D eigenvalue weighted by Gasteiger charge is -2.38. The number of nitrogens with one attached hydrogen (secondary N) is 1. The van der Waals surface area contributed by atoms with Crippen molar-refractivity contribution in [3.05, 3.63) is 48.0 Å². The molecule has 1 aliphatic heterocycles. The molecule has 1 aliphatic rings. The van der Waals surface area contributed by atoms with Crippen LogP contribution in [0.2, 0.25) is 0 Å². The van der Waals surface area contributed by atoms with E-state index >= 15 is 0 Å². The van der Waals surface area contributed by atoms with Crippen LogP contribution in [0.15, 0.2) is 42.5 Å². The number of amides is 2. The molecule has 0 saturated carbocycles. The number of nitrogens with zero attached hydrogens (tertiary/aromatic N) is 2. The Balaban J connectivity index is 2.15. The van der Waals surface area contributed by atoms with E-state index in [1.807, 2.05) is 44.4 Å². The molecule has 0 aliphatic carbocycles. The fourth-order valence-electron chi connectivity index (χ4n) is 5.64. The molecule has 1 aromatic rings. The van der Waals surface area contributed by atoms with Crippen LogP contribution in [0, 0.1) is 11.8 Å². The predicted molar refractivity (Wildman–Crippen MR) is 150 cm³/mol. The number of hydrogen-bond acceptors (Lipinski definition) is 6. The van der Waals surface area contributed by atoms with Crippen molar-refractivity contribution in [3.63, 3.8) is 0 Å². The Bertz CT molecular complexity index is 922. The molecule has 212 valence electrons. The molecule has 0 radical (unpaired) electrons. The highest BCUT2D eigenvalue weighted by molar-refractivity contribution is 5.83. The lowest BCUT2D eigenvalue weighted by atomic mass is 9.90.